The van der Waals surface area contributed by atoms with Crippen molar-refractivity contribution in [3.05, 3.63) is 29.3 Å². The molecule has 1 fully saturated rings. The van der Waals surface area contributed by atoms with Gasteiger partial charge in [-0.2, -0.15) is 0 Å². The lowest BCUT2D eigenvalue weighted by Gasteiger charge is -2.15. The summed E-state index contributed by atoms with van der Waals surface area (Å²) >= 11 is 5.84. The fraction of sp³-hybridized carbons (Fsp3) is 0.300. The molecular formula is C10H11ClN2O. The molecule has 3 nitrogen and oxygen atoms in total. The van der Waals surface area contributed by atoms with Crippen molar-refractivity contribution < 1.29 is 4.79 Å². The van der Waals surface area contributed by atoms with E-state index in [0.29, 0.717) is 18.0 Å². The minimum absolute atomic E-state index is 0.0542. The summed E-state index contributed by atoms with van der Waals surface area (Å²) in [5, 5.41) is 0.635. The Hall–Kier alpha value is -1.06. The Morgan fingerprint density at radius 3 is 2.86 bits per heavy atom. The first kappa shape index (κ1) is 9.49. The van der Waals surface area contributed by atoms with Crippen LogP contribution >= 0.6 is 11.6 Å². The Kier molecular flexibility index (Phi) is 2.44. The average Bonchev–Trinajstić information content (AvgIpc) is 2.45. The lowest BCUT2D eigenvalue weighted by molar-refractivity contribution is -0.117. The van der Waals surface area contributed by atoms with Gasteiger partial charge < -0.3 is 10.6 Å². The van der Waals surface area contributed by atoms with E-state index in [2.05, 4.69) is 0 Å². The largest absolute Gasteiger partial charge is 0.326 e. The molecule has 0 bridgehead atoms. The summed E-state index contributed by atoms with van der Waals surface area (Å²) in [5.41, 5.74) is 6.52. The van der Waals surface area contributed by atoms with Crippen molar-refractivity contribution in [2.24, 2.45) is 5.73 Å². The van der Waals surface area contributed by atoms with Gasteiger partial charge in [0.1, 0.15) is 0 Å². The van der Waals surface area contributed by atoms with E-state index in [-0.39, 0.29) is 11.9 Å². The van der Waals surface area contributed by atoms with Gasteiger partial charge in [0.25, 0.3) is 0 Å². The highest BCUT2D eigenvalue weighted by atomic mass is 35.5. The van der Waals surface area contributed by atoms with Crippen LogP contribution in [0, 0.1) is 0 Å². The van der Waals surface area contributed by atoms with E-state index in [1.165, 1.54) is 0 Å². The second-order valence-electron chi connectivity index (χ2n) is 3.45. The highest BCUT2D eigenvalue weighted by molar-refractivity contribution is 6.30. The number of halogens is 1. The van der Waals surface area contributed by atoms with Gasteiger partial charge in [0, 0.05) is 29.7 Å². The lowest BCUT2D eigenvalue weighted by atomic mass is 10.3. The summed E-state index contributed by atoms with van der Waals surface area (Å²) in [6.07, 6.45) is 0.423. The Labute approximate surface area is 87.4 Å². The van der Waals surface area contributed by atoms with Gasteiger partial charge in [-0.15, -0.1) is 0 Å². The van der Waals surface area contributed by atoms with Crippen LogP contribution in [0.25, 0.3) is 0 Å². The summed E-state index contributed by atoms with van der Waals surface area (Å²) in [6, 6.07) is 7.20. The summed E-state index contributed by atoms with van der Waals surface area (Å²) in [7, 11) is 0. The molecule has 1 aromatic carbocycles. The molecule has 0 radical (unpaired) electrons. The van der Waals surface area contributed by atoms with Gasteiger partial charge in [0.15, 0.2) is 0 Å². The van der Waals surface area contributed by atoms with Gasteiger partial charge in [-0.05, 0) is 18.2 Å². The fourth-order valence-electron chi connectivity index (χ4n) is 1.63. The highest BCUT2D eigenvalue weighted by Crippen LogP contribution is 2.23. The molecule has 1 aromatic rings. The molecule has 1 aliphatic heterocycles. The number of amides is 1. The van der Waals surface area contributed by atoms with Crippen LogP contribution in [0.3, 0.4) is 0 Å². The molecular weight excluding hydrogens is 200 g/mol. The molecule has 74 valence electrons. The number of carbonyl (C=O) groups is 1. The van der Waals surface area contributed by atoms with Gasteiger partial charge >= 0.3 is 0 Å². The van der Waals surface area contributed by atoms with Crippen molar-refractivity contribution >= 4 is 23.2 Å². The SMILES string of the molecule is N[C@@H]1CC(=O)N(c2cccc(Cl)c2)C1. The van der Waals surface area contributed by atoms with E-state index >= 15 is 0 Å². The van der Waals surface area contributed by atoms with Gasteiger partial charge in [0.05, 0.1) is 0 Å². The van der Waals surface area contributed by atoms with Crippen molar-refractivity contribution in [2.45, 2.75) is 12.5 Å². The minimum Gasteiger partial charge on any atom is -0.326 e. The quantitative estimate of drug-likeness (QED) is 0.762. The number of nitrogens with two attached hydrogens (primary N) is 1. The van der Waals surface area contributed by atoms with E-state index < -0.39 is 0 Å². The first-order valence-corrected chi connectivity index (χ1v) is 4.86. The van der Waals surface area contributed by atoms with Crippen LogP contribution in [0.5, 0.6) is 0 Å². The number of nitrogens with zero attached hydrogens (tertiary/aromatic N) is 1. The van der Waals surface area contributed by atoms with E-state index in [9.17, 15) is 4.79 Å². The third-order valence-corrected chi connectivity index (χ3v) is 2.51. The molecule has 14 heavy (non-hydrogen) atoms. The first-order chi connectivity index (χ1) is 6.66. The number of hydrogen-bond donors (Lipinski definition) is 1. The van der Waals surface area contributed by atoms with Crippen molar-refractivity contribution in [2.75, 3.05) is 11.4 Å². The van der Waals surface area contributed by atoms with Crippen LogP contribution in [0.2, 0.25) is 5.02 Å². The number of hydrogen-bond acceptors (Lipinski definition) is 2. The number of benzene rings is 1. The maximum atomic E-state index is 11.5. The van der Waals surface area contributed by atoms with Crippen LogP contribution in [-0.4, -0.2) is 18.5 Å². The van der Waals surface area contributed by atoms with Gasteiger partial charge in [0.2, 0.25) is 5.91 Å². The predicted molar refractivity (Wildman–Crippen MR) is 56.4 cm³/mol. The molecule has 4 heteroatoms. The van der Waals surface area contributed by atoms with Gasteiger partial charge in [-0.1, -0.05) is 17.7 Å². The molecule has 0 aliphatic carbocycles. The van der Waals surface area contributed by atoms with Crippen LogP contribution < -0.4 is 10.6 Å². The zero-order valence-corrected chi connectivity index (χ0v) is 8.37. The minimum atomic E-state index is -0.0542. The number of rotatable bonds is 1. The van der Waals surface area contributed by atoms with Gasteiger partial charge in [-0.3, -0.25) is 4.79 Å². The standard InChI is InChI=1S/C10H11ClN2O/c11-7-2-1-3-9(4-7)13-6-8(12)5-10(13)14/h1-4,8H,5-6,12H2/t8-/m1/s1. The maximum Gasteiger partial charge on any atom is 0.228 e. The van der Waals surface area contributed by atoms with Crippen LogP contribution in [0.4, 0.5) is 5.69 Å². The molecule has 0 unspecified atom stereocenters. The molecule has 1 heterocycles. The van der Waals surface area contributed by atoms with Crippen LogP contribution in [0.15, 0.2) is 24.3 Å². The van der Waals surface area contributed by atoms with Crippen molar-refractivity contribution in [1.29, 1.82) is 0 Å². The number of anilines is 1. The molecule has 1 amide bonds. The van der Waals surface area contributed by atoms with Crippen LogP contribution in [-0.2, 0) is 4.79 Å². The Bertz CT molecular complexity index is 367. The van der Waals surface area contributed by atoms with E-state index in [1.807, 2.05) is 12.1 Å². The van der Waals surface area contributed by atoms with Crippen molar-refractivity contribution in [3.63, 3.8) is 0 Å². The molecule has 2 rings (SSSR count). The Morgan fingerprint density at radius 1 is 1.50 bits per heavy atom. The topological polar surface area (TPSA) is 46.3 Å². The fourth-order valence-corrected chi connectivity index (χ4v) is 1.81. The monoisotopic (exact) mass is 210 g/mol. The Balaban J connectivity index is 2.27. The summed E-state index contributed by atoms with van der Waals surface area (Å²) in [4.78, 5) is 13.2. The zero-order valence-electron chi connectivity index (χ0n) is 7.61. The van der Waals surface area contributed by atoms with E-state index in [1.54, 1.807) is 17.0 Å². The molecule has 1 atom stereocenters. The Morgan fingerprint density at radius 2 is 2.29 bits per heavy atom. The molecule has 0 aromatic heterocycles. The molecule has 2 N–H and O–H groups in total. The average molecular weight is 211 g/mol. The summed E-state index contributed by atoms with van der Waals surface area (Å²) in [6.45, 7) is 0.583. The summed E-state index contributed by atoms with van der Waals surface area (Å²) in [5.74, 6) is 0.0692. The summed E-state index contributed by atoms with van der Waals surface area (Å²) < 4.78 is 0. The predicted octanol–water partition coefficient (Wildman–Crippen LogP) is 1.40. The maximum absolute atomic E-state index is 11.5. The third-order valence-electron chi connectivity index (χ3n) is 2.27. The third kappa shape index (κ3) is 1.74. The molecule has 0 saturated carbocycles. The smallest absolute Gasteiger partial charge is 0.228 e. The van der Waals surface area contributed by atoms with E-state index in [4.69, 9.17) is 17.3 Å². The second kappa shape index (κ2) is 3.59. The first-order valence-electron chi connectivity index (χ1n) is 4.48. The van der Waals surface area contributed by atoms with Crippen molar-refractivity contribution in [3.8, 4) is 0 Å². The second-order valence-corrected chi connectivity index (χ2v) is 3.88. The van der Waals surface area contributed by atoms with Crippen LogP contribution in [0.1, 0.15) is 6.42 Å². The van der Waals surface area contributed by atoms with E-state index in [0.717, 1.165) is 5.69 Å². The molecule has 1 saturated heterocycles. The van der Waals surface area contributed by atoms with Crippen molar-refractivity contribution in [1.82, 2.24) is 0 Å². The van der Waals surface area contributed by atoms with Gasteiger partial charge in [-0.25, -0.2) is 0 Å². The molecule has 0 spiro atoms. The molecule has 1 aliphatic rings. The normalized spacial score (nSPS) is 21.7. The lowest BCUT2D eigenvalue weighted by Crippen LogP contribution is -2.27. The highest BCUT2D eigenvalue weighted by Gasteiger charge is 2.27. The zero-order chi connectivity index (χ0) is 10.1. The number of carbonyl (C=O) groups excluding carboxylic acids is 1.